The quantitative estimate of drug-likeness (QED) is 0.796. The van der Waals surface area contributed by atoms with Crippen LogP contribution in [0, 0.1) is 0 Å². The van der Waals surface area contributed by atoms with Gasteiger partial charge in [-0.15, -0.1) is 0 Å². The summed E-state index contributed by atoms with van der Waals surface area (Å²) in [6.07, 6.45) is 1.76. The number of nitrogens with zero attached hydrogens (tertiary/aromatic N) is 1. The first kappa shape index (κ1) is 12.1. The zero-order valence-corrected chi connectivity index (χ0v) is 10.1. The number of rotatable bonds is 5. The summed E-state index contributed by atoms with van der Waals surface area (Å²) in [7, 11) is 0. The van der Waals surface area contributed by atoms with Crippen molar-refractivity contribution in [2.45, 2.75) is 13.0 Å². The van der Waals surface area contributed by atoms with Gasteiger partial charge in [0.25, 0.3) is 0 Å². The van der Waals surface area contributed by atoms with Crippen molar-refractivity contribution in [2.24, 2.45) is 0 Å². The zero-order valence-electron chi connectivity index (χ0n) is 10.1. The number of pyridine rings is 1. The molecule has 0 radical (unpaired) electrons. The van der Waals surface area contributed by atoms with Crippen molar-refractivity contribution in [3.8, 4) is 5.75 Å². The Morgan fingerprint density at radius 3 is 3.35 bits per heavy atom. The minimum Gasteiger partial charge on any atom is -0.490 e. The molecule has 2 rings (SSSR count). The molecule has 2 heterocycles. The number of anilines is 1. The van der Waals surface area contributed by atoms with Crippen LogP contribution in [-0.4, -0.2) is 43.9 Å². The number of aromatic nitrogens is 1. The van der Waals surface area contributed by atoms with E-state index in [1.165, 1.54) is 0 Å². The fourth-order valence-electron chi connectivity index (χ4n) is 1.77. The fraction of sp³-hybridized carbons (Fsp3) is 0.583. The Hall–Kier alpha value is -1.33. The van der Waals surface area contributed by atoms with Crippen LogP contribution in [0.2, 0.25) is 0 Å². The highest BCUT2D eigenvalue weighted by Crippen LogP contribution is 2.20. The summed E-state index contributed by atoms with van der Waals surface area (Å²) in [4.78, 5) is 4.28. The van der Waals surface area contributed by atoms with Gasteiger partial charge in [-0.3, -0.25) is 0 Å². The molecule has 5 heteroatoms. The van der Waals surface area contributed by atoms with Gasteiger partial charge in [-0.05, 0) is 19.1 Å². The molecule has 94 valence electrons. The van der Waals surface area contributed by atoms with E-state index in [9.17, 15) is 0 Å². The lowest BCUT2D eigenvalue weighted by atomic mass is 10.3. The van der Waals surface area contributed by atoms with Gasteiger partial charge < -0.3 is 20.1 Å². The first-order valence-electron chi connectivity index (χ1n) is 6.03. The smallest absolute Gasteiger partial charge is 0.168 e. The van der Waals surface area contributed by atoms with E-state index in [2.05, 4.69) is 15.6 Å². The Kier molecular flexibility index (Phi) is 4.58. The maximum atomic E-state index is 5.50. The van der Waals surface area contributed by atoms with Gasteiger partial charge in [-0.2, -0.15) is 0 Å². The molecule has 1 aliphatic rings. The highest BCUT2D eigenvalue weighted by molar-refractivity contribution is 5.49. The average Bonchev–Trinajstić information content (AvgIpc) is 2.39. The molecule has 0 aliphatic carbocycles. The highest BCUT2D eigenvalue weighted by atomic mass is 16.5. The summed E-state index contributed by atoms with van der Waals surface area (Å²) in [5, 5.41) is 6.67. The first-order valence-corrected chi connectivity index (χ1v) is 6.03. The van der Waals surface area contributed by atoms with Crippen LogP contribution < -0.4 is 15.4 Å². The maximum absolute atomic E-state index is 5.50. The molecule has 2 N–H and O–H groups in total. The predicted molar refractivity (Wildman–Crippen MR) is 66.5 cm³/mol. The number of morpholine rings is 1. The van der Waals surface area contributed by atoms with Crippen LogP contribution in [0.3, 0.4) is 0 Å². The van der Waals surface area contributed by atoms with Gasteiger partial charge in [-0.25, -0.2) is 4.98 Å². The minimum absolute atomic E-state index is 0.334. The second-order valence-electron chi connectivity index (χ2n) is 3.89. The second-order valence-corrected chi connectivity index (χ2v) is 3.89. The third kappa shape index (κ3) is 3.57. The lowest BCUT2D eigenvalue weighted by Crippen LogP contribution is -2.45. The summed E-state index contributed by atoms with van der Waals surface area (Å²) in [6.45, 7) is 5.84. The van der Waals surface area contributed by atoms with Crippen LogP contribution in [0.25, 0.3) is 0 Å². The molecule has 5 nitrogen and oxygen atoms in total. The van der Waals surface area contributed by atoms with Gasteiger partial charge in [0.15, 0.2) is 11.6 Å². The molecular weight excluding hydrogens is 218 g/mol. The van der Waals surface area contributed by atoms with Crippen LogP contribution in [0.4, 0.5) is 5.82 Å². The van der Waals surface area contributed by atoms with Gasteiger partial charge in [0.1, 0.15) is 0 Å². The molecule has 1 saturated heterocycles. The van der Waals surface area contributed by atoms with Gasteiger partial charge in [-0.1, -0.05) is 0 Å². The monoisotopic (exact) mass is 237 g/mol. The first-order chi connectivity index (χ1) is 8.40. The van der Waals surface area contributed by atoms with Crippen molar-refractivity contribution in [1.82, 2.24) is 10.3 Å². The topological polar surface area (TPSA) is 55.4 Å². The summed E-state index contributed by atoms with van der Waals surface area (Å²) < 4.78 is 10.9. The largest absolute Gasteiger partial charge is 0.490 e. The molecule has 0 aromatic carbocycles. The van der Waals surface area contributed by atoms with E-state index in [1.807, 2.05) is 19.1 Å². The van der Waals surface area contributed by atoms with Crippen molar-refractivity contribution in [3.05, 3.63) is 18.3 Å². The lowest BCUT2D eigenvalue weighted by Gasteiger charge is -2.24. The SMILES string of the molecule is CCOc1cccnc1NCC1COCCN1. The van der Waals surface area contributed by atoms with Gasteiger partial charge >= 0.3 is 0 Å². The molecular formula is C12H19N3O2. The van der Waals surface area contributed by atoms with Crippen LogP contribution in [0.1, 0.15) is 6.92 Å². The van der Waals surface area contributed by atoms with Crippen LogP contribution in [-0.2, 0) is 4.74 Å². The Balaban J connectivity index is 1.88. The molecule has 0 amide bonds. The molecule has 1 aromatic heterocycles. The third-order valence-electron chi connectivity index (χ3n) is 2.58. The molecule has 1 fully saturated rings. The molecule has 0 saturated carbocycles. The van der Waals surface area contributed by atoms with E-state index in [1.54, 1.807) is 6.20 Å². The van der Waals surface area contributed by atoms with Gasteiger partial charge in [0.2, 0.25) is 0 Å². The molecule has 0 spiro atoms. The molecule has 1 aliphatic heterocycles. The van der Waals surface area contributed by atoms with Crippen molar-refractivity contribution >= 4 is 5.82 Å². The second kappa shape index (κ2) is 6.42. The summed E-state index contributed by atoms with van der Waals surface area (Å²) in [5.41, 5.74) is 0. The van der Waals surface area contributed by atoms with Gasteiger partial charge in [0, 0.05) is 25.3 Å². The Bertz CT molecular complexity index is 340. The minimum atomic E-state index is 0.334. The lowest BCUT2D eigenvalue weighted by molar-refractivity contribution is 0.0806. The Morgan fingerprint density at radius 1 is 1.65 bits per heavy atom. The van der Waals surface area contributed by atoms with Crippen molar-refractivity contribution in [3.63, 3.8) is 0 Å². The Labute approximate surface area is 102 Å². The highest BCUT2D eigenvalue weighted by Gasteiger charge is 2.13. The fourth-order valence-corrected chi connectivity index (χ4v) is 1.77. The van der Waals surface area contributed by atoms with Crippen molar-refractivity contribution in [2.75, 3.05) is 38.2 Å². The summed E-state index contributed by atoms with van der Waals surface area (Å²) in [6, 6.07) is 4.13. The molecule has 1 atom stereocenters. The van der Waals surface area contributed by atoms with Crippen molar-refractivity contribution < 1.29 is 9.47 Å². The van der Waals surface area contributed by atoms with Crippen LogP contribution in [0.5, 0.6) is 5.75 Å². The number of ether oxygens (including phenoxy) is 2. The van der Waals surface area contributed by atoms with Crippen LogP contribution >= 0.6 is 0 Å². The molecule has 1 unspecified atom stereocenters. The van der Waals surface area contributed by atoms with E-state index >= 15 is 0 Å². The van der Waals surface area contributed by atoms with E-state index in [0.29, 0.717) is 12.6 Å². The molecule has 17 heavy (non-hydrogen) atoms. The van der Waals surface area contributed by atoms with E-state index in [4.69, 9.17) is 9.47 Å². The Morgan fingerprint density at radius 2 is 2.59 bits per heavy atom. The predicted octanol–water partition coefficient (Wildman–Crippen LogP) is 0.881. The average molecular weight is 237 g/mol. The molecule has 0 bridgehead atoms. The third-order valence-corrected chi connectivity index (χ3v) is 2.58. The summed E-state index contributed by atoms with van der Waals surface area (Å²) >= 11 is 0. The van der Waals surface area contributed by atoms with E-state index < -0.39 is 0 Å². The maximum Gasteiger partial charge on any atom is 0.168 e. The number of hydrogen-bond acceptors (Lipinski definition) is 5. The summed E-state index contributed by atoms with van der Waals surface area (Å²) in [5.74, 6) is 1.59. The van der Waals surface area contributed by atoms with Gasteiger partial charge in [0.05, 0.1) is 19.8 Å². The number of hydrogen-bond donors (Lipinski definition) is 2. The standard InChI is InChI=1S/C12H19N3O2/c1-2-17-11-4-3-5-14-12(11)15-8-10-9-16-7-6-13-10/h3-5,10,13H,2,6-9H2,1H3,(H,14,15). The normalized spacial score (nSPS) is 19.9. The van der Waals surface area contributed by atoms with Crippen molar-refractivity contribution in [1.29, 1.82) is 0 Å². The zero-order chi connectivity index (χ0) is 11.9. The van der Waals surface area contributed by atoms with E-state index in [0.717, 1.165) is 37.9 Å². The number of nitrogens with one attached hydrogen (secondary N) is 2. The molecule has 1 aromatic rings. The van der Waals surface area contributed by atoms with E-state index in [-0.39, 0.29) is 0 Å². The van der Waals surface area contributed by atoms with Crippen LogP contribution in [0.15, 0.2) is 18.3 Å².